The SMILES string of the molecule is CC(C)CCC[C@@H](C)[C@H]1CC[C@H]2[C@@H]3CC[C@H]4C[C@]5(CC[C@]4(C)[C@H]3CC[C@]12C)CC(Cl)(Cl)C5=O. The summed E-state index contributed by atoms with van der Waals surface area (Å²) in [6.45, 7) is 12.6. The van der Waals surface area contributed by atoms with Crippen molar-refractivity contribution in [3.05, 3.63) is 0 Å². The predicted octanol–water partition coefficient (Wildman–Crippen LogP) is 9.24. The fourth-order valence-corrected chi connectivity index (χ4v) is 11.5. The molecule has 1 spiro atoms. The van der Waals surface area contributed by atoms with Gasteiger partial charge >= 0.3 is 0 Å². The topological polar surface area (TPSA) is 17.1 Å². The van der Waals surface area contributed by atoms with Gasteiger partial charge in [-0.25, -0.2) is 0 Å². The van der Waals surface area contributed by atoms with Crippen LogP contribution in [0.3, 0.4) is 0 Å². The number of Topliss-reactive ketones (excluding diaryl/α,β-unsaturated/α-hetero) is 1. The molecule has 5 aliphatic rings. The molecule has 0 radical (unpaired) electrons. The average Bonchev–Trinajstić information content (AvgIpc) is 3.10. The zero-order chi connectivity index (χ0) is 23.8. The Morgan fingerprint density at radius 1 is 0.879 bits per heavy atom. The van der Waals surface area contributed by atoms with Crippen molar-refractivity contribution in [3.63, 3.8) is 0 Å². The lowest BCUT2D eigenvalue weighted by molar-refractivity contribution is -0.163. The molecule has 0 aromatic heterocycles. The molecule has 1 nitrogen and oxygen atoms in total. The molecule has 0 amide bonds. The van der Waals surface area contributed by atoms with Crippen LogP contribution in [-0.2, 0) is 4.79 Å². The Labute approximate surface area is 213 Å². The second-order valence-electron chi connectivity index (χ2n) is 14.4. The zero-order valence-electron chi connectivity index (χ0n) is 21.9. The lowest BCUT2D eigenvalue weighted by Crippen LogP contribution is -2.62. The number of fused-ring (bicyclic) bond motifs is 5. The lowest BCUT2D eigenvalue weighted by Gasteiger charge is -2.64. The number of hydrogen-bond donors (Lipinski definition) is 0. The van der Waals surface area contributed by atoms with E-state index in [2.05, 4.69) is 34.6 Å². The summed E-state index contributed by atoms with van der Waals surface area (Å²) in [5, 5.41) is 0. The van der Waals surface area contributed by atoms with Crippen LogP contribution in [0.4, 0.5) is 0 Å². The molecule has 188 valence electrons. The lowest BCUT2D eigenvalue weighted by atomic mass is 9.41. The maximum absolute atomic E-state index is 12.9. The summed E-state index contributed by atoms with van der Waals surface area (Å²) in [6, 6.07) is 0. The molecule has 3 heteroatoms. The van der Waals surface area contributed by atoms with E-state index in [0.29, 0.717) is 23.2 Å². The molecule has 9 atom stereocenters. The van der Waals surface area contributed by atoms with Crippen LogP contribution in [0, 0.1) is 57.7 Å². The van der Waals surface area contributed by atoms with Gasteiger partial charge in [-0.3, -0.25) is 4.79 Å². The van der Waals surface area contributed by atoms with Gasteiger partial charge in [0.05, 0.1) is 0 Å². The molecule has 0 heterocycles. The normalized spacial score (nSPS) is 49.3. The number of carbonyl (C=O) groups excluding carboxylic acids is 1. The van der Waals surface area contributed by atoms with E-state index in [1.807, 2.05) is 0 Å². The van der Waals surface area contributed by atoms with E-state index in [-0.39, 0.29) is 11.2 Å². The summed E-state index contributed by atoms with van der Waals surface area (Å²) in [5.41, 5.74) is 0.805. The van der Waals surface area contributed by atoms with E-state index in [9.17, 15) is 4.79 Å². The van der Waals surface area contributed by atoms with Crippen LogP contribution in [0.2, 0.25) is 0 Å². The summed E-state index contributed by atoms with van der Waals surface area (Å²) in [6.07, 6.45) is 16.8. The molecule has 5 fully saturated rings. The quantitative estimate of drug-likeness (QED) is 0.347. The first-order valence-electron chi connectivity index (χ1n) is 14.4. The van der Waals surface area contributed by atoms with Gasteiger partial charge in [0.25, 0.3) is 0 Å². The first-order valence-corrected chi connectivity index (χ1v) is 15.1. The molecule has 33 heavy (non-hydrogen) atoms. The van der Waals surface area contributed by atoms with Crippen LogP contribution < -0.4 is 0 Å². The van der Waals surface area contributed by atoms with E-state index in [1.165, 1.54) is 64.2 Å². The Kier molecular flexibility index (Phi) is 6.34. The largest absolute Gasteiger partial charge is 0.296 e. The zero-order valence-corrected chi connectivity index (χ0v) is 23.4. The minimum absolute atomic E-state index is 0.142. The van der Waals surface area contributed by atoms with Gasteiger partial charge in [0.15, 0.2) is 10.1 Å². The number of hydrogen-bond acceptors (Lipinski definition) is 1. The van der Waals surface area contributed by atoms with Gasteiger partial charge in [0, 0.05) is 11.8 Å². The number of halogens is 2. The Morgan fingerprint density at radius 2 is 1.61 bits per heavy atom. The number of alkyl halides is 2. The third-order valence-electron chi connectivity index (χ3n) is 12.4. The molecule has 5 aliphatic carbocycles. The molecule has 5 saturated carbocycles. The molecule has 0 aliphatic heterocycles. The summed E-state index contributed by atoms with van der Waals surface area (Å²) in [4.78, 5) is 12.9. The Bertz CT molecular complexity index is 775. The first kappa shape index (κ1) is 24.9. The highest BCUT2D eigenvalue weighted by atomic mass is 35.5. The van der Waals surface area contributed by atoms with Gasteiger partial charge in [0.2, 0.25) is 0 Å². The van der Waals surface area contributed by atoms with Crippen molar-refractivity contribution >= 4 is 29.0 Å². The van der Waals surface area contributed by atoms with Crippen molar-refractivity contribution in [3.8, 4) is 0 Å². The number of rotatable bonds is 5. The highest BCUT2D eigenvalue weighted by molar-refractivity contribution is 6.60. The predicted molar refractivity (Wildman–Crippen MR) is 140 cm³/mol. The third-order valence-corrected chi connectivity index (χ3v) is 13.0. The van der Waals surface area contributed by atoms with Crippen molar-refractivity contribution in [2.45, 2.75) is 122 Å². The van der Waals surface area contributed by atoms with Gasteiger partial charge in [0.1, 0.15) is 0 Å². The number of carbonyl (C=O) groups is 1. The van der Waals surface area contributed by atoms with Crippen molar-refractivity contribution in [2.24, 2.45) is 57.7 Å². The van der Waals surface area contributed by atoms with Crippen LogP contribution >= 0.6 is 23.2 Å². The second-order valence-corrected chi connectivity index (χ2v) is 15.9. The molecular weight excluding hydrogens is 447 g/mol. The summed E-state index contributed by atoms with van der Waals surface area (Å²) >= 11 is 12.6. The maximum Gasteiger partial charge on any atom is 0.177 e. The average molecular weight is 496 g/mol. The van der Waals surface area contributed by atoms with E-state index >= 15 is 0 Å². The highest BCUT2D eigenvalue weighted by Crippen LogP contribution is 2.71. The first-order chi connectivity index (χ1) is 15.4. The van der Waals surface area contributed by atoms with Gasteiger partial charge in [-0.05, 0) is 110 Å². The summed E-state index contributed by atoms with van der Waals surface area (Å²) in [5.74, 6) is 6.22. The third kappa shape index (κ3) is 3.79. The summed E-state index contributed by atoms with van der Waals surface area (Å²) < 4.78 is -1.09. The molecule has 0 aromatic carbocycles. The molecule has 5 rings (SSSR count). The fraction of sp³-hybridized carbons (Fsp3) is 0.967. The van der Waals surface area contributed by atoms with Crippen molar-refractivity contribution in [1.82, 2.24) is 0 Å². The minimum Gasteiger partial charge on any atom is -0.296 e. The Morgan fingerprint density at radius 3 is 2.27 bits per heavy atom. The molecule has 0 saturated heterocycles. The number of ketones is 1. The van der Waals surface area contributed by atoms with Crippen molar-refractivity contribution < 1.29 is 4.79 Å². The van der Waals surface area contributed by atoms with Gasteiger partial charge in [-0.1, -0.05) is 77.1 Å². The molecule has 0 N–H and O–H groups in total. The smallest absolute Gasteiger partial charge is 0.177 e. The highest BCUT2D eigenvalue weighted by Gasteiger charge is 2.67. The van der Waals surface area contributed by atoms with Crippen molar-refractivity contribution in [1.29, 1.82) is 0 Å². The standard InChI is InChI=1S/C30H48Cl2O/c1-19(2)7-6-8-20(3)23-11-12-24-22-10-9-21-17-29(18-30(31,32)26(29)33)16-15-27(21,4)25(22)13-14-28(23,24)5/h19-25H,6-18H2,1-5H3/t20-,21+,22+,23-,24+,25+,27+,28-,29-/m1/s1. The Balaban J connectivity index is 1.28. The van der Waals surface area contributed by atoms with Crippen LogP contribution in [-0.4, -0.2) is 10.1 Å². The van der Waals surface area contributed by atoms with Gasteiger partial charge < -0.3 is 0 Å². The van der Waals surface area contributed by atoms with Crippen LogP contribution in [0.15, 0.2) is 0 Å². The van der Waals surface area contributed by atoms with Crippen LogP contribution in [0.25, 0.3) is 0 Å². The Hall–Kier alpha value is 0.250. The minimum atomic E-state index is -1.09. The van der Waals surface area contributed by atoms with E-state index in [4.69, 9.17) is 23.2 Å². The van der Waals surface area contributed by atoms with E-state index in [0.717, 1.165) is 48.3 Å². The van der Waals surface area contributed by atoms with Crippen LogP contribution in [0.1, 0.15) is 118 Å². The molecule has 0 aromatic rings. The summed E-state index contributed by atoms with van der Waals surface area (Å²) in [7, 11) is 0. The second kappa shape index (κ2) is 8.39. The van der Waals surface area contributed by atoms with Gasteiger partial charge in [-0.15, -0.1) is 0 Å². The monoisotopic (exact) mass is 494 g/mol. The van der Waals surface area contributed by atoms with E-state index in [1.54, 1.807) is 0 Å². The van der Waals surface area contributed by atoms with E-state index < -0.39 is 4.33 Å². The van der Waals surface area contributed by atoms with Crippen LogP contribution in [0.5, 0.6) is 0 Å². The molecular formula is C30H48Cl2O. The van der Waals surface area contributed by atoms with Crippen molar-refractivity contribution in [2.75, 3.05) is 0 Å². The molecule has 0 unspecified atom stereocenters. The molecule has 0 bridgehead atoms. The maximum atomic E-state index is 12.9. The fourth-order valence-electron chi connectivity index (χ4n) is 10.6. The van der Waals surface area contributed by atoms with Gasteiger partial charge in [-0.2, -0.15) is 0 Å².